The molecule has 1 fully saturated rings. The van der Waals surface area contributed by atoms with E-state index in [4.69, 9.17) is 9.97 Å². The van der Waals surface area contributed by atoms with E-state index in [1.165, 1.54) is 24.3 Å². The molecule has 0 aliphatic carbocycles. The minimum absolute atomic E-state index is 0.342. The summed E-state index contributed by atoms with van der Waals surface area (Å²) in [5.41, 5.74) is 2.34. The number of benzene rings is 1. The molecule has 4 aromatic rings. The van der Waals surface area contributed by atoms with Gasteiger partial charge in [0.25, 0.3) is 5.91 Å². The van der Waals surface area contributed by atoms with Crippen LogP contribution in [0.3, 0.4) is 0 Å². The number of hydrogen-bond acceptors (Lipinski definition) is 7. The summed E-state index contributed by atoms with van der Waals surface area (Å²) < 4.78 is 13.1. The highest BCUT2D eigenvalue weighted by molar-refractivity contribution is 6.04. The summed E-state index contributed by atoms with van der Waals surface area (Å²) in [6, 6.07) is 11.2. The number of anilines is 2. The fourth-order valence-corrected chi connectivity index (χ4v) is 3.94. The zero-order chi connectivity index (χ0) is 23.5. The van der Waals surface area contributed by atoms with Crippen molar-refractivity contribution in [3.05, 3.63) is 72.4 Å². The number of carbonyl (C=O) groups is 1. The van der Waals surface area contributed by atoms with Crippen LogP contribution in [0, 0.1) is 5.82 Å². The molecule has 34 heavy (non-hydrogen) atoms. The van der Waals surface area contributed by atoms with Gasteiger partial charge in [-0.25, -0.2) is 19.3 Å². The third kappa shape index (κ3) is 4.99. The molecule has 5 rings (SSSR count). The third-order valence-corrected chi connectivity index (χ3v) is 5.89. The molecule has 4 heterocycles. The number of likely N-dealkylation sites (tertiary alicyclic amines) is 1. The molecule has 0 bridgehead atoms. The molecule has 9 heteroatoms. The molecule has 3 aromatic heterocycles. The first-order chi connectivity index (χ1) is 16.5. The molecule has 1 amide bonds. The van der Waals surface area contributed by atoms with Gasteiger partial charge in [-0.3, -0.25) is 9.78 Å². The Morgan fingerprint density at radius 3 is 2.56 bits per heavy atom. The van der Waals surface area contributed by atoms with Gasteiger partial charge in [0, 0.05) is 29.3 Å². The van der Waals surface area contributed by atoms with Crippen LogP contribution < -0.4 is 10.6 Å². The molecule has 1 aromatic carbocycles. The lowest BCUT2D eigenvalue weighted by Crippen LogP contribution is -2.36. The Morgan fingerprint density at radius 2 is 1.76 bits per heavy atom. The van der Waals surface area contributed by atoms with Crippen LogP contribution in [0.1, 0.15) is 23.2 Å². The highest BCUT2D eigenvalue weighted by Gasteiger charge is 2.17. The molecule has 172 valence electrons. The second-order valence-corrected chi connectivity index (χ2v) is 8.43. The van der Waals surface area contributed by atoms with Gasteiger partial charge in [-0.05, 0) is 69.4 Å². The van der Waals surface area contributed by atoms with E-state index >= 15 is 0 Å². The quantitative estimate of drug-likeness (QED) is 0.468. The minimum atomic E-state index is -0.397. The smallest absolute Gasteiger partial charge is 0.256 e. The predicted octanol–water partition coefficient (Wildman–Crippen LogP) is 3.98. The summed E-state index contributed by atoms with van der Waals surface area (Å²) in [6.45, 7) is 2.12. The summed E-state index contributed by atoms with van der Waals surface area (Å²) in [6.07, 6.45) is 7.20. The molecule has 1 aliphatic rings. The number of rotatable bonds is 5. The fraction of sp³-hybridized carbons (Fsp3) is 0.240. The lowest BCUT2D eigenvalue weighted by atomic mass is 10.1. The second kappa shape index (κ2) is 9.48. The zero-order valence-electron chi connectivity index (χ0n) is 18.7. The van der Waals surface area contributed by atoms with E-state index in [2.05, 4.69) is 32.5 Å². The maximum atomic E-state index is 13.1. The van der Waals surface area contributed by atoms with E-state index in [1.807, 2.05) is 12.1 Å². The molecule has 0 radical (unpaired) electrons. The zero-order valence-corrected chi connectivity index (χ0v) is 18.7. The number of fused-ring (bicyclic) bond motifs is 1. The van der Waals surface area contributed by atoms with Crippen molar-refractivity contribution >= 4 is 28.4 Å². The van der Waals surface area contributed by atoms with Crippen molar-refractivity contribution in [2.45, 2.75) is 18.9 Å². The fourth-order valence-electron chi connectivity index (χ4n) is 3.94. The van der Waals surface area contributed by atoms with Crippen LogP contribution in [0.5, 0.6) is 0 Å². The summed E-state index contributed by atoms with van der Waals surface area (Å²) in [5, 5.41) is 7.05. The first kappa shape index (κ1) is 21.8. The van der Waals surface area contributed by atoms with E-state index in [0.717, 1.165) is 37.1 Å². The van der Waals surface area contributed by atoms with Crippen molar-refractivity contribution in [1.29, 1.82) is 0 Å². The Balaban J connectivity index is 1.35. The van der Waals surface area contributed by atoms with Crippen molar-refractivity contribution in [1.82, 2.24) is 24.8 Å². The normalized spacial score (nSPS) is 14.8. The van der Waals surface area contributed by atoms with Gasteiger partial charge in [-0.1, -0.05) is 0 Å². The van der Waals surface area contributed by atoms with Crippen molar-refractivity contribution < 1.29 is 9.18 Å². The Morgan fingerprint density at radius 1 is 0.971 bits per heavy atom. The van der Waals surface area contributed by atoms with E-state index in [-0.39, 0.29) is 5.91 Å². The van der Waals surface area contributed by atoms with Gasteiger partial charge in [0.1, 0.15) is 23.1 Å². The largest absolute Gasteiger partial charge is 0.366 e. The monoisotopic (exact) mass is 457 g/mol. The number of halogens is 1. The molecule has 1 aliphatic heterocycles. The summed E-state index contributed by atoms with van der Waals surface area (Å²) in [4.78, 5) is 32.8. The Bertz CT molecular complexity index is 1320. The number of amides is 1. The second-order valence-electron chi connectivity index (χ2n) is 8.43. The van der Waals surface area contributed by atoms with Crippen molar-refractivity contribution in [3.63, 3.8) is 0 Å². The first-order valence-electron chi connectivity index (χ1n) is 11.1. The lowest BCUT2D eigenvalue weighted by Gasteiger charge is -2.29. The van der Waals surface area contributed by atoms with E-state index in [1.54, 1.807) is 24.7 Å². The molecule has 2 N–H and O–H groups in total. The number of aromatic nitrogens is 4. The number of pyridine rings is 2. The van der Waals surface area contributed by atoms with Gasteiger partial charge in [0.2, 0.25) is 0 Å². The molecular formula is C25H24FN7O. The van der Waals surface area contributed by atoms with Crippen molar-refractivity contribution in [2.24, 2.45) is 0 Å². The van der Waals surface area contributed by atoms with Crippen LogP contribution in [0.15, 0.2) is 61.1 Å². The molecule has 0 atom stereocenters. The maximum absolute atomic E-state index is 13.1. The lowest BCUT2D eigenvalue weighted by molar-refractivity contribution is 0.102. The van der Waals surface area contributed by atoms with Crippen LogP contribution in [0.25, 0.3) is 22.3 Å². The van der Waals surface area contributed by atoms with Crippen LogP contribution in [0.2, 0.25) is 0 Å². The Hall–Kier alpha value is -3.98. The molecule has 0 unspecified atom stereocenters. The number of nitrogens with one attached hydrogen (secondary N) is 2. The highest BCUT2D eigenvalue weighted by Crippen LogP contribution is 2.22. The Labute approximate surface area is 196 Å². The van der Waals surface area contributed by atoms with Crippen LogP contribution in [-0.4, -0.2) is 56.9 Å². The molecule has 1 saturated heterocycles. The number of nitrogens with zero attached hydrogens (tertiary/aromatic N) is 5. The Kier molecular flexibility index (Phi) is 6.09. The van der Waals surface area contributed by atoms with Gasteiger partial charge in [0.15, 0.2) is 0 Å². The molecular weight excluding hydrogens is 433 g/mol. The van der Waals surface area contributed by atoms with Gasteiger partial charge >= 0.3 is 0 Å². The minimum Gasteiger partial charge on any atom is -0.366 e. The maximum Gasteiger partial charge on any atom is 0.256 e. The van der Waals surface area contributed by atoms with Gasteiger partial charge in [-0.15, -0.1) is 0 Å². The number of hydrogen-bond donors (Lipinski definition) is 2. The van der Waals surface area contributed by atoms with Crippen molar-refractivity contribution in [3.8, 4) is 11.4 Å². The van der Waals surface area contributed by atoms with Crippen molar-refractivity contribution in [2.75, 3.05) is 30.8 Å². The van der Waals surface area contributed by atoms with Gasteiger partial charge < -0.3 is 15.5 Å². The standard InChI is InChI=1S/C25H24FN7O/c1-33-10-8-19(9-11-33)29-24-15-27-14-22(31-24)20-7-4-17-13-28-23(12-21(17)30-20)32-25(34)16-2-5-18(26)6-3-16/h2-7,12-15,19H,8-11H2,1H3,(H,29,31)(H,28,32,34). The van der Waals surface area contributed by atoms with Gasteiger partial charge in [-0.2, -0.15) is 0 Å². The van der Waals surface area contributed by atoms with E-state index < -0.39 is 5.82 Å². The summed E-state index contributed by atoms with van der Waals surface area (Å²) >= 11 is 0. The van der Waals surface area contributed by atoms with Gasteiger partial charge in [0.05, 0.1) is 23.6 Å². The summed E-state index contributed by atoms with van der Waals surface area (Å²) in [5.74, 6) is 0.318. The number of carbonyl (C=O) groups excluding carboxylic acids is 1. The van der Waals surface area contributed by atoms with E-state index in [9.17, 15) is 9.18 Å². The average Bonchev–Trinajstić information content (AvgIpc) is 2.85. The first-order valence-corrected chi connectivity index (χ1v) is 11.1. The third-order valence-electron chi connectivity index (χ3n) is 5.89. The predicted molar refractivity (Wildman–Crippen MR) is 129 cm³/mol. The molecule has 8 nitrogen and oxygen atoms in total. The highest BCUT2D eigenvalue weighted by atomic mass is 19.1. The summed E-state index contributed by atoms with van der Waals surface area (Å²) in [7, 11) is 2.14. The molecule has 0 saturated carbocycles. The van der Waals surface area contributed by atoms with Crippen LogP contribution in [0.4, 0.5) is 16.0 Å². The SMILES string of the molecule is CN1CCC(Nc2cncc(-c3ccc4cnc(NC(=O)c5ccc(F)cc5)cc4n3)n2)CC1. The van der Waals surface area contributed by atoms with Crippen LogP contribution in [-0.2, 0) is 0 Å². The molecule has 0 spiro atoms. The average molecular weight is 458 g/mol. The topological polar surface area (TPSA) is 95.9 Å². The van der Waals surface area contributed by atoms with E-state index in [0.29, 0.717) is 34.3 Å². The number of piperidine rings is 1. The van der Waals surface area contributed by atoms with Crippen LogP contribution >= 0.6 is 0 Å².